The number of hydrogen-bond donors (Lipinski definition) is 1. The highest BCUT2D eigenvalue weighted by Gasteiger charge is 2.44. The summed E-state index contributed by atoms with van der Waals surface area (Å²) in [7, 11) is 0. The third kappa shape index (κ3) is 2.65. The van der Waals surface area contributed by atoms with Crippen LogP contribution in [-0.4, -0.2) is 17.6 Å². The van der Waals surface area contributed by atoms with Crippen molar-refractivity contribution in [2.24, 2.45) is 11.3 Å². The van der Waals surface area contributed by atoms with E-state index in [1.807, 2.05) is 6.07 Å². The minimum absolute atomic E-state index is 0.354. The standard InChI is InChI=1S/C15H18N2O2/c16-9-12-1-2-13(17-12)14(18)19-10-11-3-5-15(6-4-11)7-8-15/h1-2,11,17H,3-8,10H2. The molecule has 19 heavy (non-hydrogen) atoms. The van der Waals surface area contributed by atoms with Crippen molar-refractivity contribution < 1.29 is 9.53 Å². The SMILES string of the molecule is N#Cc1ccc(C(=O)OCC2CCC3(CC2)CC3)[nH]1. The molecule has 0 aromatic carbocycles. The van der Waals surface area contributed by atoms with Crippen LogP contribution in [0.3, 0.4) is 0 Å². The molecule has 3 rings (SSSR count). The molecule has 1 aromatic rings. The summed E-state index contributed by atoms with van der Waals surface area (Å²) in [5.74, 6) is 0.161. The van der Waals surface area contributed by atoms with E-state index in [1.54, 1.807) is 12.1 Å². The van der Waals surface area contributed by atoms with Crippen LogP contribution < -0.4 is 0 Å². The molecule has 0 amide bonds. The lowest BCUT2D eigenvalue weighted by molar-refractivity contribution is 0.0383. The van der Waals surface area contributed by atoms with Gasteiger partial charge in [0, 0.05) is 0 Å². The van der Waals surface area contributed by atoms with Gasteiger partial charge in [0.2, 0.25) is 0 Å². The smallest absolute Gasteiger partial charge is 0.354 e. The van der Waals surface area contributed by atoms with E-state index in [2.05, 4.69) is 4.98 Å². The Balaban J connectivity index is 1.47. The third-order valence-electron chi connectivity index (χ3n) is 4.60. The monoisotopic (exact) mass is 258 g/mol. The van der Waals surface area contributed by atoms with E-state index >= 15 is 0 Å². The number of nitrogens with zero attached hydrogens (tertiary/aromatic N) is 1. The zero-order valence-electron chi connectivity index (χ0n) is 10.9. The second kappa shape index (κ2) is 4.73. The fraction of sp³-hybridized carbons (Fsp3) is 0.600. The number of nitriles is 1. The van der Waals surface area contributed by atoms with Gasteiger partial charge in [-0.05, 0) is 62.0 Å². The van der Waals surface area contributed by atoms with Crippen molar-refractivity contribution in [3.05, 3.63) is 23.5 Å². The number of aromatic nitrogens is 1. The molecule has 1 heterocycles. The molecule has 1 N–H and O–H groups in total. The summed E-state index contributed by atoms with van der Waals surface area (Å²) in [6.07, 6.45) is 7.77. The van der Waals surface area contributed by atoms with Gasteiger partial charge in [0.05, 0.1) is 6.61 Å². The first-order chi connectivity index (χ1) is 9.21. The van der Waals surface area contributed by atoms with E-state index in [4.69, 9.17) is 10.00 Å². The topological polar surface area (TPSA) is 65.9 Å². The van der Waals surface area contributed by atoms with Crippen LogP contribution in [0.15, 0.2) is 12.1 Å². The van der Waals surface area contributed by atoms with E-state index < -0.39 is 0 Å². The van der Waals surface area contributed by atoms with Crippen LogP contribution in [0.2, 0.25) is 0 Å². The van der Waals surface area contributed by atoms with Gasteiger partial charge in [-0.15, -0.1) is 0 Å². The number of ether oxygens (including phenoxy) is 1. The Hall–Kier alpha value is -1.76. The quantitative estimate of drug-likeness (QED) is 0.847. The van der Waals surface area contributed by atoms with Crippen LogP contribution in [0.25, 0.3) is 0 Å². The van der Waals surface area contributed by atoms with E-state index in [1.165, 1.54) is 38.5 Å². The van der Waals surface area contributed by atoms with Gasteiger partial charge in [-0.25, -0.2) is 4.79 Å². The van der Waals surface area contributed by atoms with Gasteiger partial charge in [0.15, 0.2) is 0 Å². The van der Waals surface area contributed by atoms with Crippen molar-refractivity contribution in [1.29, 1.82) is 5.26 Å². The zero-order chi connectivity index (χ0) is 13.3. The molecule has 2 aliphatic rings. The van der Waals surface area contributed by atoms with Crippen molar-refractivity contribution in [1.82, 2.24) is 4.98 Å². The van der Waals surface area contributed by atoms with E-state index in [9.17, 15) is 4.79 Å². The number of aromatic amines is 1. The third-order valence-corrected chi connectivity index (χ3v) is 4.60. The molecule has 1 spiro atoms. The minimum Gasteiger partial charge on any atom is -0.461 e. The van der Waals surface area contributed by atoms with Crippen LogP contribution >= 0.6 is 0 Å². The molecule has 0 saturated heterocycles. The predicted octanol–water partition coefficient (Wildman–Crippen LogP) is 3.01. The number of rotatable bonds is 3. The maximum absolute atomic E-state index is 11.8. The Kier molecular flexibility index (Phi) is 3.06. The molecule has 4 heteroatoms. The van der Waals surface area contributed by atoms with Crippen LogP contribution in [-0.2, 0) is 4.74 Å². The Labute approximate surface area is 112 Å². The van der Waals surface area contributed by atoms with Gasteiger partial charge in [-0.1, -0.05) is 0 Å². The fourth-order valence-corrected chi connectivity index (χ4v) is 2.98. The molecule has 0 bridgehead atoms. The largest absolute Gasteiger partial charge is 0.461 e. The Bertz CT molecular complexity index is 512. The van der Waals surface area contributed by atoms with Gasteiger partial charge in [-0.3, -0.25) is 0 Å². The number of esters is 1. The molecular formula is C15H18N2O2. The first-order valence-corrected chi connectivity index (χ1v) is 6.97. The summed E-state index contributed by atoms with van der Waals surface area (Å²) in [6, 6.07) is 5.15. The summed E-state index contributed by atoms with van der Waals surface area (Å²) in [4.78, 5) is 14.5. The van der Waals surface area contributed by atoms with Gasteiger partial charge in [-0.2, -0.15) is 5.26 Å². The number of H-pyrrole nitrogens is 1. The molecule has 1 aromatic heterocycles. The number of carbonyl (C=O) groups is 1. The first-order valence-electron chi connectivity index (χ1n) is 6.97. The molecule has 2 aliphatic carbocycles. The summed E-state index contributed by atoms with van der Waals surface area (Å²) in [6.45, 7) is 0.510. The lowest BCUT2D eigenvalue weighted by atomic mass is 9.80. The average molecular weight is 258 g/mol. The molecule has 0 aliphatic heterocycles. The summed E-state index contributed by atoms with van der Waals surface area (Å²) in [5.41, 5.74) is 1.44. The Morgan fingerprint density at radius 1 is 1.37 bits per heavy atom. The second-order valence-electron chi connectivity index (χ2n) is 5.94. The molecule has 100 valence electrons. The number of hydrogen-bond acceptors (Lipinski definition) is 3. The lowest BCUT2D eigenvalue weighted by Crippen LogP contribution is -2.21. The minimum atomic E-state index is -0.354. The van der Waals surface area contributed by atoms with Crippen LogP contribution in [0.5, 0.6) is 0 Å². The summed E-state index contributed by atoms with van der Waals surface area (Å²) in [5, 5.41) is 8.69. The van der Waals surface area contributed by atoms with Crippen LogP contribution in [0.1, 0.15) is 54.7 Å². The van der Waals surface area contributed by atoms with Crippen molar-refractivity contribution >= 4 is 5.97 Å². The molecule has 4 nitrogen and oxygen atoms in total. The molecule has 0 unspecified atom stereocenters. The van der Waals surface area contributed by atoms with Gasteiger partial charge >= 0.3 is 5.97 Å². The molecule has 0 atom stereocenters. The van der Waals surface area contributed by atoms with E-state index in [-0.39, 0.29) is 5.97 Å². The van der Waals surface area contributed by atoms with Crippen LogP contribution in [0, 0.1) is 22.7 Å². The van der Waals surface area contributed by atoms with Crippen molar-refractivity contribution in [3.63, 3.8) is 0 Å². The summed E-state index contributed by atoms with van der Waals surface area (Å²) < 4.78 is 5.33. The highest BCUT2D eigenvalue weighted by Crippen LogP contribution is 2.57. The fourth-order valence-electron chi connectivity index (χ4n) is 2.98. The maximum Gasteiger partial charge on any atom is 0.354 e. The number of nitrogens with one attached hydrogen (secondary N) is 1. The van der Waals surface area contributed by atoms with Crippen molar-refractivity contribution in [3.8, 4) is 6.07 Å². The first kappa shape index (κ1) is 12.3. The molecule has 0 radical (unpaired) electrons. The molecule has 2 saturated carbocycles. The van der Waals surface area contributed by atoms with Gasteiger partial charge in [0.1, 0.15) is 17.5 Å². The highest BCUT2D eigenvalue weighted by molar-refractivity contribution is 5.87. The average Bonchev–Trinajstić information content (AvgIpc) is 3.02. The zero-order valence-corrected chi connectivity index (χ0v) is 10.9. The van der Waals surface area contributed by atoms with Crippen molar-refractivity contribution in [2.45, 2.75) is 38.5 Å². The number of carbonyl (C=O) groups excluding carboxylic acids is 1. The second-order valence-corrected chi connectivity index (χ2v) is 5.94. The van der Waals surface area contributed by atoms with E-state index in [0.29, 0.717) is 29.3 Å². The van der Waals surface area contributed by atoms with Gasteiger partial charge < -0.3 is 9.72 Å². The van der Waals surface area contributed by atoms with Crippen LogP contribution in [0.4, 0.5) is 0 Å². The summed E-state index contributed by atoms with van der Waals surface area (Å²) >= 11 is 0. The molecular weight excluding hydrogens is 240 g/mol. The predicted molar refractivity (Wildman–Crippen MR) is 69.4 cm³/mol. The molecule has 2 fully saturated rings. The normalized spacial score (nSPS) is 21.0. The van der Waals surface area contributed by atoms with Crippen molar-refractivity contribution in [2.75, 3.05) is 6.61 Å². The Morgan fingerprint density at radius 3 is 2.68 bits per heavy atom. The maximum atomic E-state index is 11.8. The lowest BCUT2D eigenvalue weighted by Gasteiger charge is -2.27. The van der Waals surface area contributed by atoms with Gasteiger partial charge in [0.25, 0.3) is 0 Å². The Morgan fingerprint density at radius 2 is 2.11 bits per heavy atom. The highest BCUT2D eigenvalue weighted by atomic mass is 16.5. The van der Waals surface area contributed by atoms with E-state index in [0.717, 1.165) is 0 Å².